The fraction of sp³-hybridized carbons (Fsp3) is 0.0250. The van der Waals surface area contributed by atoms with Gasteiger partial charge in [-0.2, -0.15) is 0 Å². The lowest BCUT2D eigenvalue weighted by Gasteiger charge is -2.50. The zero-order valence-corrected chi connectivity index (χ0v) is 48.7. The molecule has 414 valence electrons. The third-order valence-electron chi connectivity index (χ3n) is 18.6. The quantitative estimate of drug-likeness (QED) is 0.126. The predicted molar refractivity (Wildman–Crippen MR) is 380 cm³/mol. The van der Waals surface area contributed by atoms with Gasteiger partial charge in [-0.25, -0.2) is 0 Å². The molecule has 0 saturated heterocycles. The molecule has 1 aliphatic carbocycles. The summed E-state index contributed by atoms with van der Waals surface area (Å²) in [5.41, 5.74) is 31.0. The Bertz CT molecular complexity index is 4950. The van der Waals surface area contributed by atoms with Crippen LogP contribution in [0.2, 0.25) is 0 Å². The highest BCUT2D eigenvalue weighted by Crippen LogP contribution is 2.51. The Morgan fingerprint density at radius 1 is 0.393 bits per heavy atom. The first-order chi connectivity index (χ1) is 44.2. The molecule has 0 amide bonds. The second kappa shape index (κ2) is 20.8. The van der Waals surface area contributed by atoms with Gasteiger partial charge in [0.25, 0.3) is 6.71 Å². The van der Waals surface area contributed by atoms with Crippen LogP contribution in [0.3, 0.4) is 0 Å². The largest absolute Gasteiger partial charge is 0.355 e. The fourth-order valence-electron chi connectivity index (χ4n) is 14.9. The summed E-state index contributed by atoms with van der Waals surface area (Å²) in [6, 6.07) is 105. The number of fused-ring (bicyclic) bond motifs is 12. The fourth-order valence-corrected chi connectivity index (χ4v) is 14.9. The van der Waals surface area contributed by atoms with Gasteiger partial charge < -0.3 is 30.2 Å². The lowest BCUT2D eigenvalue weighted by Crippen LogP contribution is -2.67. The average Bonchev–Trinajstić information content (AvgIpc) is 0.707. The summed E-state index contributed by atoms with van der Waals surface area (Å²) >= 11 is 0. The van der Waals surface area contributed by atoms with Crippen LogP contribution in [0.5, 0.6) is 0 Å². The first-order valence-corrected chi connectivity index (χ1v) is 30.9. The SMILES string of the molecule is [B]1c2ccccc2N2c3cc(N(c4ccccc4)c4cccc5c4CCC=C5)ccc3B3c4ccc(N(c5ccccc5)c5cccc6ccccc56)cc4N4c5ccccc5[B]c5c(-c6c(Nc7ccccc7)cccc6Nc6ccccc6)c1c2c3c54. The highest BCUT2D eigenvalue weighted by molar-refractivity contribution is 7.02. The molecule has 0 fully saturated rings. The molecule has 13 aromatic carbocycles. The Hall–Kier alpha value is -11.1. The molecule has 0 unspecified atom stereocenters. The molecule has 0 atom stereocenters. The van der Waals surface area contributed by atoms with Crippen molar-refractivity contribution in [1.82, 2.24) is 0 Å². The molecule has 6 nitrogen and oxygen atoms in total. The maximum atomic E-state index is 3.99. The van der Waals surface area contributed by atoms with Gasteiger partial charge in [0.2, 0.25) is 0 Å². The minimum atomic E-state index is -0.174. The highest BCUT2D eigenvalue weighted by Gasteiger charge is 2.50. The molecule has 4 aliphatic heterocycles. The number of hydrogen-bond donors (Lipinski definition) is 2. The summed E-state index contributed by atoms with van der Waals surface area (Å²) < 4.78 is 0. The molecular weight excluding hydrogens is 1080 g/mol. The number of benzene rings is 13. The van der Waals surface area contributed by atoms with Gasteiger partial charge >= 0.3 is 0 Å². The minimum Gasteiger partial charge on any atom is -0.355 e. The Kier molecular flexibility index (Phi) is 11.9. The molecule has 0 saturated carbocycles. The lowest BCUT2D eigenvalue weighted by molar-refractivity contribution is 0.979. The van der Waals surface area contributed by atoms with Gasteiger partial charge in [-0.05, 0) is 161 Å². The standard InChI is InChI=1S/C80H55B3N6/c1-5-28-54(29-6-1)84-66-40-23-41-67(85-55-30-7-2-8-31-55)74(66)75-76-79-78-80-77(75)82-63-39-18-20-43-71(63)89(80)73-51-59(87(57-34-11-4-12-35-57)69-45-22-27-53-25-14-16-37-61(53)69)47-49-65(73)83(78)64-48-46-58(50-72(64)88(79)70-42-19-17-38-62(70)81-76)86(56-32-9-3-10-33-56)68-44-21-26-52-24-13-15-36-60(52)68/h1-15,17-36,38-51,84-85H,16,37H2. The van der Waals surface area contributed by atoms with E-state index >= 15 is 0 Å². The first kappa shape index (κ1) is 51.1. The van der Waals surface area contributed by atoms with E-state index in [0.717, 1.165) is 109 Å². The van der Waals surface area contributed by atoms with Gasteiger partial charge in [-0.3, -0.25) is 0 Å². The predicted octanol–water partition coefficient (Wildman–Crippen LogP) is 15.9. The maximum absolute atomic E-state index is 3.99. The monoisotopic (exact) mass is 1130 g/mol. The van der Waals surface area contributed by atoms with Gasteiger partial charge in [0.05, 0.1) is 5.69 Å². The molecule has 0 spiro atoms. The summed E-state index contributed by atoms with van der Waals surface area (Å²) in [7, 11) is 4.98. The van der Waals surface area contributed by atoms with Crippen molar-refractivity contribution in [3.63, 3.8) is 0 Å². The molecule has 4 heterocycles. The molecule has 13 aromatic rings. The van der Waals surface area contributed by atoms with E-state index in [4.69, 9.17) is 0 Å². The van der Waals surface area contributed by atoms with Crippen LogP contribution in [-0.4, -0.2) is 21.3 Å². The average molecular weight is 1130 g/mol. The van der Waals surface area contributed by atoms with Crippen molar-refractivity contribution in [1.29, 1.82) is 0 Å². The molecular formula is C80H55B3N6. The second-order valence-electron chi connectivity index (χ2n) is 23.6. The van der Waals surface area contributed by atoms with Crippen molar-refractivity contribution >= 4 is 167 Å². The summed E-state index contributed by atoms with van der Waals surface area (Å²) in [6.07, 6.45) is 6.59. The van der Waals surface area contributed by atoms with Crippen LogP contribution in [0.15, 0.2) is 291 Å². The number of allylic oxidation sites excluding steroid dienone is 1. The summed E-state index contributed by atoms with van der Waals surface area (Å²) in [4.78, 5) is 10.2. The van der Waals surface area contributed by atoms with E-state index in [1.807, 2.05) is 0 Å². The lowest BCUT2D eigenvalue weighted by atomic mass is 9.31. The van der Waals surface area contributed by atoms with E-state index in [9.17, 15) is 0 Å². The number of hydrogen-bond acceptors (Lipinski definition) is 6. The van der Waals surface area contributed by atoms with Crippen LogP contribution in [0.1, 0.15) is 17.5 Å². The van der Waals surface area contributed by atoms with Crippen LogP contribution < -0.4 is 68.5 Å². The van der Waals surface area contributed by atoms with Crippen LogP contribution >= 0.6 is 0 Å². The van der Waals surface area contributed by atoms with Crippen molar-refractivity contribution < 1.29 is 0 Å². The molecule has 18 rings (SSSR count). The Morgan fingerprint density at radius 2 is 0.876 bits per heavy atom. The van der Waals surface area contributed by atoms with E-state index in [2.05, 4.69) is 342 Å². The van der Waals surface area contributed by atoms with Gasteiger partial charge in [0, 0.05) is 96.3 Å². The van der Waals surface area contributed by atoms with Crippen molar-refractivity contribution in [2.75, 3.05) is 30.2 Å². The third kappa shape index (κ3) is 8.22. The van der Waals surface area contributed by atoms with Gasteiger partial charge in [-0.1, -0.05) is 210 Å². The maximum Gasteiger partial charge on any atom is 0.252 e. The summed E-state index contributed by atoms with van der Waals surface area (Å²) in [5, 5.41) is 10.4. The van der Waals surface area contributed by atoms with Crippen molar-refractivity contribution in [3.8, 4) is 11.1 Å². The van der Waals surface area contributed by atoms with Crippen molar-refractivity contribution in [2.24, 2.45) is 0 Å². The zero-order valence-electron chi connectivity index (χ0n) is 48.7. The van der Waals surface area contributed by atoms with E-state index in [1.54, 1.807) is 0 Å². The molecule has 0 aromatic heterocycles. The third-order valence-corrected chi connectivity index (χ3v) is 18.6. The molecule has 89 heavy (non-hydrogen) atoms. The molecule has 9 heteroatoms. The number of anilines is 16. The van der Waals surface area contributed by atoms with Crippen LogP contribution in [0.25, 0.3) is 28.0 Å². The topological polar surface area (TPSA) is 37.0 Å². The number of para-hydroxylation sites is 6. The van der Waals surface area contributed by atoms with Gasteiger partial charge in [0.1, 0.15) is 0 Å². The van der Waals surface area contributed by atoms with E-state index in [0.29, 0.717) is 0 Å². The van der Waals surface area contributed by atoms with E-state index in [-0.39, 0.29) is 6.71 Å². The highest BCUT2D eigenvalue weighted by atomic mass is 15.2. The Labute approximate surface area is 520 Å². The normalized spacial score (nSPS) is 13.1. The van der Waals surface area contributed by atoms with Gasteiger partial charge in [0.15, 0.2) is 14.6 Å². The minimum absolute atomic E-state index is 0.174. The van der Waals surface area contributed by atoms with Crippen molar-refractivity contribution in [3.05, 3.63) is 302 Å². The molecule has 2 N–H and O–H groups in total. The smallest absolute Gasteiger partial charge is 0.252 e. The number of rotatable bonds is 11. The Balaban J connectivity index is 0.965. The zero-order chi connectivity index (χ0) is 58.5. The number of nitrogens with zero attached hydrogens (tertiary/aromatic N) is 4. The number of nitrogens with one attached hydrogen (secondary N) is 2. The van der Waals surface area contributed by atoms with Crippen LogP contribution in [-0.2, 0) is 6.42 Å². The summed E-state index contributed by atoms with van der Waals surface area (Å²) in [6.45, 7) is -0.174. The van der Waals surface area contributed by atoms with Gasteiger partial charge in [-0.15, -0.1) is 0 Å². The molecule has 2 radical (unpaired) electrons. The second-order valence-corrected chi connectivity index (χ2v) is 23.6. The molecule has 0 bridgehead atoms. The summed E-state index contributed by atoms with van der Waals surface area (Å²) in [5.74, 6) is 0. The molecule has 5 aliphatic rings. The van der Waals surface area contributed by atoms with Crippen molar-refractivity contribution in [2.45, 2.75) is 12.8 Å². The Morgan fingerprint density at radius 3 is 1.47 bits per heavy atom. The van der Waals surface area contributed by atoms with E-state index < -0.39 is 0 Å². The van der Waals surface area contributed by atoms with E-state index in [1.165, 1.54) is 66.3 Å². The van der Waals surface area contributed by atoms with Crippen LogP contribution in [0.4, 0.5) is 91.0 Å². The van der Waals surface area contributed by atoms with Crippen LogP contribution in [0, 0.1) is 0 Å². The first-order valence-electron chi connectivity index (χ1n) is 30.9.